The molecule has 3 amide bonds. The van der Waals surface area contributed by atoms with E-state index in [4.69, 9.17) is 23.2 Å². The van der Waals surface area contributed by atoms with Gasteiger partial charge in [0.2, 0.25) is 12.3 Å². The fraction of sp³-hybridized carbons (Fsp3) is 0.571. The third kappa shape index (κ3) is 7.64. The predicted molar refractivity (Wildman–Crippen MR) is 119 cm³/mol. The van der Waals surface area contributed by atoms with Crippen molar-refractivity contribution in [3.8, 4) is 0 Å². The van der Waals surface area contributed by atoms with E-state index in [-0.39, 0.29) is 29.4 Å². The minimum Gasteiger partial charge on any atom is -0.338 e. The van der Waals surface area contributed by atoms with Gasteiger partial charge in [-0.2, -0.15) is 0 Å². The normalized spacial score (nSPS) is 15.4. The Bertz CT molecular complexity index is 757. The molecule has 1 heterocycles. The van der Waals surface area contributed by atoms with E-state index in [0.29, 0.717) is 54.4 Å². The summed E-state index contributed by atoms with van der Waals surface area (Å²) in [5, 5.41) is 10.6. The molecule has 1 aliphatic rings. The van der Waals surface area contributed by atoms with Crippen LogP contribution >= 0.6 is 23.2 Å². The molecule has 1 saturated heterocycles. The molecule has 2 rings (SSSR count). The highest BCUT2D eigenvalue weighted by Gasteiger charge is 2.26. The summed E-state index contributed by atoms with van der Waals surface area (Å²) in [5.74, 6) is -0.926. The molecule has 31 heavy (non-hydrogen) atoms. The van der Waals surface area contributed by atoms with Crippen molar-refractivity contribution in [3.63, 3.8) is 0 Å². The third-order valence-corrected chi connectivity index (χ3v) is 6.24. The second-order valence-corrected chi connectivity index (χ2v) is 8.51. The standard InChI is InChI=1S/C21H30Cl2N4O4/c1-2-3-4-6-15(13-27(31)14-28)20(29)25-24-16-9-11-26(12-10-16)21(30)17-7-5-8-18(22)19(17)23/h5,7-8,14-16,24,31H,2-4,6,9-13H2,1H3,(H,25,29)/t15-/m0/s1. The SMILES string of the molecule is CCCCC[C@@H](CN(O)C=O)C(=O)NNC1CCN(C(=O)c2cccc(Cl)c2Cl)CC1. The molecule has 8 nitrogen and oxygen atoms in total. The van der Waals surface area contributed by atoms with Crippen molar-refractivity contribution in [1.29, 1.82) is 0 Å². The summed E-state index contributed by atoms with van der Waals surface area (Å²) < 4.78 is 0. The summed E-state index contributed by atoms with van der Waals surface area (Å²) >= 11 is 12.2. The quantitative estimate of drug-likeness (QED) is 0.198. The van der Waals surface area contributed by atoms with Crippen LogP contribution in [-0.4, -0.2) is 59.1 Å². The first-order valence-electron chi connectivity index (χ1n) is 10.6. The van der Waals surface area contributed by atoms with Crippen molar-refractivity contribution in [1.82, 2.24) is 20.8 Å². The van der Waals surface area contributed by atoms with Crippen molar-refractivity contribution in [2.75, 3.05) is 19.6 Å². The molecule has 1 atom stereocenters. The summed E-state index contributed by atoms with van der Waals surface area (Å²) in [7, 11) is 0. The van der Waals surface area contributed by atoms with Gasteiger partial charge in [0.1, 0.15) is 0 Å². The zero-order valence-corrected chi connectivity index (χ0v) is 19.2. The van der Waals surface area contributed by atoms with Gasteiger partial charge in [-0.15, -0.1) is 0 Å². The minimum atomic E-state index is -0.499. The molecular formula is C21H30Cl2N4O4. The van der Waals surface area contributed by atoms with E-state index in [1.165, 1.54) is 0 Å². The number of rotatable bonds is 11. The molecule has 3 N–H and O–H groups in total. The number of amides is 3. The number of unbranched alkanes of at least 4 members (excludes halogenated alkanes) is 2. The summed E-state index contributed by atoms with van der Waals surface area (Å²) in [6.45, 7) is 3.06. The predicted octanol–water partition coefficient (Wildman–Crippen LogP) is 3.26. The lowest BCUT2D eigenvalue weighted by molar-refractivity contribution is -0.154. The summed E-state index contributed by atoms with van der Waals surface area (Å²) in [5.41, 5.74) is 6.13. The molecule has 1 aromatic carbocycles. The van der Waals surface area contributed by atoms with Gasteiger partial charge in [-0.1, -0.05) is 55.5 Å². The topological polar surface area (TPSA) is 102 Å². The van der Waals surface area contributed by atoms with Gasteiger partial charge in [0.15, 0.2) is 0 Å². The number of hydroxylamine groups is 2. The fourth-order valence-electron chi connectivity index (χ4n) is 3.56. The highest BCUT2D eigenvalue weighted by molar-refractivity contribution is 6.43. The Kier molecular flexibility index (Phi) is 10.5. The molecule has 0 aliphatic carbocycles. The zero-order chi connectivity index (χ0) is 22.8. The van der Waals surface area contributed by atoms with E-state index < -0.39 is 5.92 Å². The largest absolute Gasteiger partial charge is 0.338 e. The lowest BCUT2D eigenvalue weighted by Crippen LogP contribution is -2.52. The van der Waals surface area contributed by atoms with Crippen LogP contribution in [0.4, 0.5) is 0 Å². The van der Waals surface area contributed by atoms with Crippen LogP contribution in [0.2, 0.25) is 10.0 Å². The van der Waals surface area contributed by atoms with Gasteiger partial charge < -0.3 is 4.90 Å². The van der Waals surface area contributed by atoms with Crippen LogP contribution in [0.15, 0.2) is 18.2 Å². The molecule has 1 aliphatic heterocycles. The average molecular weight is 473 g/mol. The monoisotopic (exact) mass is 472 g/mol. The number of nitrogens with one attached hydrogen (secondary N) is 2. The van der Waals surface area contributed by atoms with E-state index in [1.54, 1.807) is 23.1 Å². The van der Waals surface area contributed by atoms with Crippen LogP contribution in [0.25, 0.3) is 0 Å². The first-order chi connectivity index (χ1) is 14.9. The van der Waals surface area contributed by atoms with Gasteiger partial charge >= 0.3 is 0 Å². The molecule has 0 aromatic heterocycles. The lowest BCUT2D eigenvalue weighted by Gasteiger charge is -2.33. The highest BCUT2D eigenvalue weighted by Crippen LogP contribution is 2.27. The number of hydrogen-bond donors (Lipinski definition) is 3. The summed E-state index contributed by atoms with van der Waals surface area (Å²) in [6.07, 6.45) is 5.03. The van der Waals surface area contributed by atoms with Crippen LogP contribution in [0.1, 0.15) is 55.8 Å². The average Bonchev–Trinajstić information content (AvgIpc) is 2.78. The van der Waals surface area contributed by atoms with E-state index in [0.717, 1.165) is 19.3 Å². The van der Waals surface area contributed by atoms with Gasteiger partial charge in [-0.25, -0.2) is 10.5 Å². The van der Waals surface area contributed by atoms with Gasteiger partial charge in [0.05, 0.1) is 28.1 Å². The molecule has 0 unspecified atom stereocenters. The molecule has 172 valence electrons. The van der Waals surface area contributed by atoms with Crippen molar-refractivity contribution in [2.24, 2.45) is 5.92 Å². The Morgan fingerprint density at radius 3 is 2.65 bits per heavy atom. The molecular weight excluding hydrogens is 443 g/mol. The van der Waals surface area contributed by atoms with Crippen molar-refractivity contribution in [3.05, 3.63) is 33.8 Å². The smallest absolute Gasteiger partial charge is 0.255 e. The summed E-state index contributed by atoms with van der Waals surface area (Å²) in [4.78, 5) is 37.7. The van der Waals surface area contributed by atoms with Crippen molar-refractivity contribution >= 4 is 41.4 Å². The first kappa shape index (κ1) is 25.4. The van der Waals surface area contributed by atoms with Crippen molar-refractivity contribution in [2.45, 2.75) is 51.5 Å². The Balaban J connectivity index is 1.83. The number of piperidine rings is 1. The van der Waals surface area contributed by atoms with E-state index in [9.17, 15) is 19.6 Å². The molecule has 1 aromatic rings. The molecule has 10 heteroatoms. The van der Waals surface area contributed by atoms with Crippen LogP contribution in [-0.2, 0) is 9.59 Å². The van der Waals surface area contributed by atoms with E-state index >= 15 is 0 Å². The number of benzene rings is 1. The van der Waals surface area contributed by atoms with Gasteiger partial charge in [-0.05, 0) is 31.4 Å². The Morgan fingerprint density at radius 2 is 2.00 bits per heavy atom. The number of nitrogens with zero attached hydrogens (tertiary/aromatic N) is 2. The first-order valence-corrected chi connectivity index (χ1v) is 11.3. The van der Waals surface area contributed by atoms with Crippen molar-refractivity contribution < 1.29 is 19.6 Å². The van der Waals surface area contributed by atoms with Crippen LogP contribution in [0, 0.1) is 5.92 Å². The lowest BCUT2D eigenvalue weighted by atomic mass is 10.0. The van der Waals surface area contributed by atoms with E-state index in [2.05, 4.69) is 17.8 Å². The Morgan fingerprint density at radius 1 is 1.29 bits per heavy atom. The zero-order valence-electron chi connectivity index (χ0n) is 17.7. The molecule has 0 spiro atoms. The van der Waals surface area contributed by atoms with Gasteiger partial charge in [-0.3, -0.25) is 25.0 Å². The number of likely N-dealkylation sites (tertiary alicyclic amines) is 1. The number of carbonyl (C=O) groups is 3. The number of hydrazine groups is 1. The second-order valence-electron chi connectivity index (χ2n) is 7.72. The maximum absolute atomic E-state index is 12.7. The fourth-order valence-corrected chi connectivity index (χ4v) is 3.94. The number of hydrogen-bond acceptors (Lipinski definition) is 5. The summed E-state index contributed by atoms with van der Waals surface area (Å²) in [6, 6.07) is 5.00. The van der Waals surface area contributed by atoms with Crippen LogP contribution in [0.3, 0.4) is 0 Å². The van der Waals surface area contributed by atoms with Crippen LogP contribution in [0.5, 0.6) is 0 Å². The number of carbonyl (C=O) groups excluding carboxylic acids is 3. The maximum atomic E-state index is 12.7. The molecule has 0 saturated carbocycles. The highest BCUT2D eigenvalue weighted by atomic mass is 35.5. The molecule has 0 bridgehead atoms. The van der Waals surface area contributed by atoms with Gasteiger partial charge in [0, 0.05) is 19.1 Å². The van der Waals surface area contributed by atoms with Crippen LogP contribution < -0.4 is 10.9 Å². The molecule has 0 radical (unpaired) electrons. The second kappa shape index (κ2) is 12.9. The number of halogens is 2. The van der Waals surface area contributed by atoms with Gasteiger partial charge in [0.25, 0.3) is 5.91 Å². The third-order valence-electron chi connectivity index (χ3n) is 5.42. The molecule has 1 fully saturated rings. The Hall–Kier alpha value is -1.87. The maximum Gasteiger partial charge on any atom is 0.255 e. The van der Waals surface area contributed by atoms with E-state index in [1.807, 2.05) is 0 Å². The minimum absolute atomic E-state index is 0.00965. The Labute approximate surface area is 192 Å².